The second kappa shape index (κ2) is 9.78. The van der Waals surface area contributed by atoms with Gasteiger partial charge in [-0.2, -0.15) is 0 Å². The van der Waals surface area contributed by atoms with Crippen molar-refractivity contribution < 1.29 is 14.3 Å². The van der Waals surface area contributed by atoms with Crippen molar-refractivity contribution in [2.45, 2.75) is 30.3 Å². The van der Waals surface area contributed by atoms with E-state index >= 15 is 0 Å². The number of carbonyl (C=O) groups excluding carboxylic acids is 1. The molecule has 0 aliphatic carbocycles. The van der Waals surface area contributed by atoms with E-state index in [-0.39, 0.29) is 6.54 Å². The van der Waals surface area contributed by atoms with Crippen LogP contribution in [0, 0.1) is 13.8 Å². The van der Waals surface area contributed by atoms with Crippen molar-refractivity contribution >= 4 is 40.6 Å². The number of anilines is 1. The predicted octanol–water partition coefficient (Wildman–Crippen LogP) is 3.97. The standard InChI is InChI=1S/C23H22ClN5O4S/c1-13-5-6-19(14(2)9-13)34-22-21-27-29(23(31)28(21)8-7-25-22)12-20(30)26-16-10-15(24)17(32-3)11-18(16)33-4/h5-11H,12H2,1-4H3,(H,26,30). The Kier molecular flexibility index (Phi) is 6.80. The highest BCUT2D eigenvalue weighted by Crippen LogP contribution is 2.36. The van der Waals surface area contributed by atoms with Gasteiger partial charge < -0.3 is 14.8 Å². The second-order valence-electron chi connectivity index (χ2n) is 7.47. The summed E-state index contributed by atoms with van der Waals surface area (Å²) >= 11 is 7.59. The average molecular weight is 500 g/mol. The zero-order valence-corrected chi connectivity index (χ0v) is 20.5. The minimum Gasteiger partial charge on any atom is -0.495 e. The molecular weight excluding hydrogens is 478 g/mol. The quantitative estimate of drug-likeness (QED) is 0.410. The van der Waals surface area contributed by atoms with Crippen LogP contribution in [-0.4, -0.2) is 39.3 Å². The molecule has 1 amide bonds. The summed E-state index contributed by atoms with van der Waals surface area (Å²) in [4.78, 5) is 31.0. The number of aromatic nitrogens is 4. The monoisotopic (exact) mass is 499 g/mol. The van der Waals surface area contributed by atoms with Crippen LogP contribution in [0.1, 0.15) is 11.1 Å². The van der Waals surface area contributed by atoms with Crippen molar-refractivity contribution in [2.24, 2.45) is 0 Å². The minimum atomic E-state index is -0.471. The van der Waals surface area contributed by atoms with Gasteiger partial charge >= 0.3 is 5.69 Å². The predicted molar refractivity (Wildman–Crippen MR) is 130 cm³/mol. The van der Waals surface area contributed by atoms with Crippen LogP contribution in [0.3, 0.4) is 0 Å². The van der Waals surface area contributed by atoms with Gasteiger partial charge in [0.25, 0.3) is 0 Å². The van der Waals surface area contributed by atoms with Crippen LogP contribution < -0.4 is 20.5 Å². The maximum absolute atomic E-state index is 12.9. The molecule has 2 aromatic heterocycles. The third kappa shape index (κ3) is 4.73. The molecule has 0 saturated heterocycles. The fourth-order valence-corrected chi connectivity index (χ4v) is 4.55. The molecule has 176 valence electrons. The van der Waals surface area contributed by atoms with Gasteiger partial charge in [0.2, 0.25) is 5.91 Å². The Morgan fingerprint density at radius 2 is 1.91 bits per heavy atom. The van der Waals surface area contributed by atoms with E-state index in [1.54, 1.807) is 6.07 Å². The molecule has 0 saturated carbocycles. The van der Waals surface area contributed by atoms with Gasteiger partial charge in [0.15, 0.2) is 5.65 Å². The summed E-state index contributed by atoms with van der Waals surface area (Å²) in [6.45, 7) is 3.74. The van der Waals surface area contributed by atoms with E-state index in [9.17, 15) is 9.59 Å². The molecule has 2 heterocycles. The zero-order valence-electron chi connectivity index (χ0n) is 19.0. The van der Waals surface area contributed by atoms with Crippen LogP contribution in [-0.2, 0) is 11.3 Å². The Morgan fingerprint density at radius 1 is 1.15 bits per heavy atom. The maximum Gasteiger partial charge on any atom is 0.350 e. The van der Waals surface area contributed by atoms with Crippen LogP contribution in [0.2, 0.25) is 5.02 Å². The molecule has 2 aromatic carbocycles. The van der Waals surface area contributed by atoms with E-state index in [1.165, 1.54) is 48.8 Å². The van der Waals surface area contributed by atoms with E-state index in [4.69, 9.17) is 21.1 Å². The Hall–Kier alpha value is -3.50. The topological polar surface area (TPSA) is 99.8 Å². The molecular formula is C23H22ClN5O4S. The lowest BCUT2D eigenvalue weighted by atomic mass is 10.2. The number of aryl methyl sites for hydroxylation is 2. The number of ether oxygens (including phenoxy) is 2. The second-order valence-corrected chi connectivity index (χ2v) is 8.91. The van der Waals surface area contributed by atoms with Crippen LogP contribution in [0.4, 0.5) is 5.69 Å². The van der Waals surface area contributed by atoms with Crippen molar-refractivity contribution in [2.75, 3.05) is 19.5 Å². The van der Waals surface area contributed by atoms with Gasteiger partial charge in [0, 0.05) is 23.4 Å². The molecule has 9 nitrogen and oxygen atoms in total. The number of hydrogen-bond acceptors (Lipinski definition) is 7. The zero-order chi connectivity index (χ0) is 24.4. The number of nitrogens with zero attached hydrogens (tertiary/aromatic N) is 4. The summed E-state index contributed by atoms with van der Waals surface area (Å²) in [5, 5.41) is 7.95. The van der Waals surface area contributed by atoms with Crippen LogP contribution >= 0.6 is 23.4 Å². The molecule has 0 aliphatic heterocycles. The minimum absolute atomic E-state index is 0.305. The van der Waals surface area contributed by atoms with Crippen LogP contribution in [0.15, 0.2) is 57.4 Å². The third-order valence-electron chi connectivity index (χ3n) is 5.05. The lowest BCUT2D eigenvalue weighted by molar-refractivity contribution is -0.117. The molecule has 11 heteroatoms. The van der Waals surface area contributed by atoms with Crippen LogP contribution in [0.25, 0.3) is 5.65 Å². The Morgan fingerprint density at radius 3 is 2.62 bits per heavy atom. The normalized spacial score (nSPS) is 11.0. The lowest BCUT2D eigenvalue weighted by Crippen LogP contribution is -2.28. The third-order valence-corrected chi connectivity index (χ3v) is 6.50. The van der Waals surface area contributed by atoms with E-state index in [0.717, 1.165) is 20.7 Å². The van der Waals surface area contributed by atoms with Gasteiger partial charge in [0.1, 0.15) is 23.1 Å². The Balaban J connectivity index is 1.60. The van der Waals surface area contributed by atoms with Crippen molar-refractivity contribution in [3.8, 4) is 11.5 Å². The number of nitrogens with one attached hydrogen (secondary N) is 1. The smallest absolute Gasteiger partial charge is 0.350 e. The van der Waals surface area contributed by atoms with Gasteiger partial charge in [-0.1, -0.05) is 41.1 Å². The molecule has 0 spiro atoms. The molecule has 34 heavy (non-hydrogen) atoms. The number of methoxy groups -OCH3 is 2. The number of carbonyl (C=O) groups is 1. The van der Waals surface area contributed by atoms with Crippen LogP contribution in [0.5, 0.6) is 11.5 Å². The highest BCUT2D eigenvalue weighted by Gasteiger charge is 2.17. The first-order chi connectivity index (χ1) is 16.3. The Bertz CT molecular complexity index is 1450. The fourth-order valence-electron chi connectivity index (χ4n) is 3.40. The largest absolute Gasteiger partial charge is 0.495 e. The summed E-state index contributed by atoms with van der Waals surface area (Å²) in [5.41, 5.74) is 2.53. The summed E-state index contributed by atoms with van der Waals surface area (Å²) in [7, 11) is 2.95. The number of benzene rings is 2. The van der Waals surface area contributed by atoms with Gasteiger partial charge in [-0.3, -0.25) is 4.79 Å². The number of amides is 1. The molecule has 4 aromatic rings. The van der Waals surface area contributed by atoms with Gasteiger partial charge in [0.05, 0.1) is 24.9 Å². The summed E-state index contributed by atoms with van der Waals surface area (Å²) in [6.07, 6.45) is 3.06. The number of rotatable bonds is 7. The molecule has 0 bridgehead atoms. The maximum atomic E-state index is 12.9. The number of fused-ring (bicyclic) bond motifs is 1. The molecule has 0 fully saturated rings. The fraction of sp³-hybridized carbons (Fsp3) is 0.217. The first kappa shape index (κ1) is 23.7. The van der Waals surface area contributed by atoms with E-state index in [0.29, 0.717) is 32.9 Å². The molecule has 0 atom stereocenters. The first-order valence-electron chi connectivity index (χ1n) is 10.2. The van der Waals surface area contributed by atoms with Crippen molar-refractivity contribution in [3.63, 3.8) is 0 Å². The van der Waals surface area contributed by atoms with E-state index in [1.807, 2.05) is 26.0 Å². The summed E-state index contributed by atoms with van der Waals surface area (Å²) in [5.74, 6) is 0.310. The SMILES string of the molecule is COc1cc(OC)c(NC(=O)Cn2nc3c(Sc4ccc(C)cc4C)nccn3c2=O)cc1Cl. The first-order valence-corrected chi connectivity index (χ1v) is 11.4. The summed E-state index contributed by atoms with van der Waals surface area (Å²) < 4.78 is 12.9. The average Bonchev–Trinajstić information content (AvgIpc) is 3.12. The number of hydrogen-bond donors (Lipinski definition) is 1. The van der Waals surface area contributed by atoms with E-state index < -0.39 is 11.6 Å². The molecule has 0 aliphatic rings. The van der Waals surface area contributed by atoms with Gasteiger partial charge in [-0.25, -0.2) is 18.9 Å². The van der Waals surface area contributed by atoms with E-state index in [2.05, 4.69) is 21.5 Å². The highest BCUT2D eigenvalue weighted by molar-refractivity contribution is 7.99. The van der Waals surface area contributed by atoms with Crippen molar-refractivity contribution in [3.05, 3.63) is 69.4 Å². The Labute approximate surface area is 204 Å². The molecule has 0 unspecified atom stereocenters. The number of halogens is 1. The molecule has 0 radical (unpaired) electrons. The molecule has 1 N–H and O–H groups in total. The van der Waals surface area contributed by atoms with Gasteiger partial charge in [-0.15, -0.1) is 5.10 Å². The highest BCUT2D eigenvalue weighted by atomic mass is 35.5. The van der Waals surface area contributed by atoms with Crippen molar-refractivity contribution in [1.29, 1.82) is 0 Å². The van der Waals surface area contributed by atoms with Gasteiger partial charge in [-0.05, 0) is 31.5 Å². The lowest BCUT2D eigenvalue weighted by Gasteiger charge is -2.12. The van der Waals surface area contributed by atoms with Crippen molar-refractivity contribution in [1.82, 2.24) is 19.2 Å². The summed E-state index contributed by atoms with van der Waals surface area (Å²) in [6, 6.07) is 9.20. The molecule has 4 rings (SSSR count).